The van der Waals surface area contributed by atoms with Gasteiger partial charge in [0.2, 0.25) is 5.91 Å². The smallest absolute Gasteiger partial charge is 0.325 e. The minimum absolute atomic E-state index is 0.0524. The molecule has 0 aromatic heterocycles. The highest BCUT2D eigenvalue weighted by Gasteiger charge is 2.30. The van der Waals surface area contributed by atoms with Crippen molar-refractivity contribution in [2.24, 2.45) is 0 Å². The van der Waals surface area contributed by atoms with E-state index in [0.717, 1.165) is 12.1 Å². The van der Waals surface area contributed by atoms with Gasteiger partial charge in [-0.05, 0) is 61.5 Å². The molecular weight excluding hydrogens is 471 g/mol. The summed E-state index contributed by atoms with van der Waals surface area (Å²) in [5.74, 6) is -0.899. The topological polar surface area (TPSA) is 101 Å². The van der Waals surface area contributed by atoms with E-state index in [9.17, 15) is 32.9 Å². The van der Waals surface area contributed by atoms with Crippen LogP contribution < -0.4 is 10.6 Å². The molecule has 3 aromatic carbocycles. The fraction of sp³-hybridized carbons (Fsp3) is 0.130. The summed E-state index contributed by atoms with van der Waals surface area (Å²) in [6, 6.07) is 16.2. The number of thioether (sulfide) groups is 1. The predicted molar refractivity (Wildman–Crippen MR) is 123 cm³/mol. The maximum Gasteiger partial charge on any atom is 0.416 e. The summed E-state index contributed by atoms with van der Waals surface area (Å²) in [5.41, 5.74) is -0.185. The van der Waals surface area contributed by atoms with Crippen molar-refractivity contribution in [3.8, 4) is 0 Å². The number of nitrogens with zero attached hydrogens (tertiary/aromatic N) is 1. The van der Waals surface area contributed by atoms with Crippen LogP contribution in [-0.4, -0.2) is 22.0 Å². The second kappa shape index (κ2) is 10.4. The van der Waals surface area contributed by atoms with Gasteiger partial charge in [-0.1, -0.05) is 6.07 Å². The number of alkyl halides is 3. The van der Waals surface area contributed by atoms with Gasteiger partial charge in [-0.2, -0.15) is 13.2 Å². The van der Waals surface area contributed by atoms with Crippen LogP contribution in [0.2, 0.25) is 0 Å². The third-order valence-corrected chi connectivity index (χ3v) is 5.70. The van der Waals surface area contributed by atoms with E-state index >= 15 is 0 Å². The van der Waals surface area contributed by atoms with Crippen molar-refractivity contribution in [2.45, 2.75) is 23.2 Å². The molecule has 7 nitrogen and oxygen atoms in total. The lowest BCUT2D eigenvalue weighted by molar-refractivity contribution is -0.384. The molecule has 0 aliphatic rings. The Morgan fingerprint density at radius 1 is 0.941 bits per heavy atom. The van der Waals surface area contributed by atoms with E-state index < -0.39 is 33.7 Å². The molecule has 2 amide bonds. The minimum atomic E-state index is -4.50. The van der Waals surface area contributed by atoms with Crippen LogP contribution in [-0.2, 0) is 11.0 Å². The molecule has 11 heteroatoms. The lowest BCUT2D eigenvalue weighted by atomic mass is 10.2. The fourth-order valence-corrected chi connectivity index (χ4v) is 3.70. The molecule has 1 atom stereocenters. The number of benzene rings is 3. The van der Waals surface area contributed by atoms with Gasteiger partial charge in [0, 0.05) is 34.0 Å². The molecule has 0 aliphatic carbocycles. The van der Waals surface area contributed by atoms with Crippen LogP contribution in [0.15, 0.2) is 77.7 Å². The molecule has 34 heavy (non-hydrogen) atoms. The highest BCUT2D eigenvalue weighted by Crippen LogP contribution is 2.31. The number of hydrogen-bond acceptors (Lipinski definition) is 5. The normalized spacial score (nSPS) is 12.0. The molecule has 0 saturated carbocycles. The highest BCUT2D eigenvalue weighted by molar-refractivity contribution is 8.00. The van der Waals surface area contributed by atoms with Crippen LogP contribution in [0.5, 0.6) is 0 Å². The number of nitrogens with one attached hydrogen (secondary N) is 2. The molecule has 3 aromatic rings. The van der Waals surface area contributed by atoms with E-state index in [1.165, 1.54) is 48.2 Å². The van der Waals surface area contributed by atoms with Crippen LogP contribution in [0.3, 0.4) is 0 Å². The van der Waals surface area contributed by atoms with E-state index in [1.54, 1.807) is 31.2 Å². The van der Waals surface area contributed by atoms with Crippen molar-refractivity contribution in [1.29, 1.82) is 0 Å². The molecule has 1 unspecified atom stereocenters. The van der Waals surface area contributed by atoms with E-state index in [-0.39, 0.29) is 16.9 Å². The molecule has 2 N–H and O–H groups in total. The van der Waals surface area contributed by atoms with Gasteiger partial charge in [0.25, 0.3) is 11.6 Å². The number of carbonyl (C=O) groups excluding carboxylic acids is 2. The Labute approximate surface area is 196 Å². The van der Waals surface area contributed by atoms with Gasteiger partial charge in [-0.15, -0.1) is 11.8 Å². The number of carbonyl (C=O) groups is 2. The third-order valence-electron chi connectivity index (χ3n) is 4.59. The van der Waals surface area contributed by atoms with Crippen LogP contribution >= 0.6 is 11.8 Å². The SMILES string of the molecule is CC(Sc1ccc(NC(=O)c2ccc([N+](=O)[O-])cc2)cc1)C(=O)Nc1cccc(C(F)(F)F)c1. The van der Waals surface area contributed by atoms with Gasteiger partial charge in [0.1, 0.15) is 0 Å². The molecule has 0 heterocycles. The molecule has 3 rings (SSSR count). The molecule has 0 spiro atoms. The molecule has 0 fully saturated rings. The average molecular weight is 489 g/mol. The van der Waals surface area contributed by atoms with Crippen LogP contribution in [0.1, 0.15) is 22.8 Å². The van der Waals surface area contributed by atoms with Crippen molar-refractivity contribution in [3.63, 3.8) is 0 Å². The van der Waals surface area contributed by atoms with Crippen molar-refractivity contribution in [3.05, 3.63) is 94.0 Å². The van der Waals surface area contributed by atoms with E-state index in [4.69, 9.17) is 0 Å². The molecule has 0 saturated heterocycles. The molecule has 0 bridgehead atoms. The first-order valence-electron chi connectivity index (χ1n) is 9.83. The van der Waals surface area contributed by atoms with Crippen molar-refractivity contribution in [2.75, 3.05) is 10.6 Å². The Bertz CT molecular complexity index is 1200. The second-order valence-electron chi connectivity index (χ2n) is 7.11. The number of halogens is 3. The Kier molecular flexibility index (Phi) is 7.57. The zero-order chi connectivity index (χ0) is 24.9. The molecular formula is C23H18F3N3O4S. The molecule has 0 aliphatic heterocycles. The van der Waals surface area contributed by atoms with Crippen LogP contribution in [0, 0.1) is 10.1 Å². The maximum atomic E-state index is 12.8. The van der Waals surface area contributed by atoms with Gasteiger partial charge in [0.05, 0.1) is 15.7 Å². The van der Waals surface area contributed by atoms with Gasteiger partial charge >= 0.3 is 6.18 Å². The second-order valence-corrected chi connectivity index (χ2v) is 8.52. The first-order valence-corrected chi connectivity index (χ1v) is 10.7. The largest absolute Gasteiger partial charge is 0.416 e. The van der Waals surface area contributed by atoms with E-state index in [0.29, 0.717) is 10.6 Å². The van der Waals surface area contributed by atoms with Gasteiger partial charge in [-0.25, -0.2) is 0 Å². The monoisotopic (exact) mass is 489 g/mol. The van der Waals surface area contributed by atoms with Crippen LogP contribution in [0.4, 0.5) is 30.2 Å². The summed E-state index contributed by atoms with van der Waals surface area (Å²) in [5, 5.41) is 15.3. The van der Waals surface area contributed by atoms with Gasteiger partial charge in [-0.3, -0.25) is 19.7 Å². The first-order chi connectivity index (χ1) is 16.0. The standard InChI is InChI=1S/C23H18F3N3O4S/c1-14(21(30)28-18-4-2-3-16(13-18)23(24,25)26)34-20-11-7-17(8-12-20)27-22(31)15-5-9-19(10-6-15)29(32)33/h2-14H,1H3,(H,27,31)(H,28,30). The predicted octanol–water partition coefficient (Wildman–Crippen LogP) is 5.99. The van der Waals surface area contributed by atoms with Crippen LogP contribution in [0.25, 0.3) is 0 Å². The zero-order valence-electron chi connectivity index (χ0n) is 17.6. The summed E-state index contributed by atoms with van der Waals surface area (Å²) in [6.07, 6.45) is -4.50. The van der Waals surface area contributed by atoms with Gasteiger partial charge < -0.3 is 10.6 Å². The highest BCUT2D eigenvalue weighted by atomic mass is 32.2. The number of amides is 2. The van der Waals surface area contributed by atoms with E-state index in [2.05, 4.69) is 10.6 Å². The number of anilines is 2. The molecule has 0 radical (unpaired) electrons. The first kappa shape index (κ1) is 24.8. The minimum Gasteiger partial charge on any atom is -0.325 e. The maximum absolute atomic E-state index is 12.8. The summed E-state index contributed by atoms with van der Waals surface area (Å²) >= 11 is 1.20. The third kappa shape index (κ3) is 6.58. The Morgan fingerprint density at radius 2 is 1.59 bits per heavy atom. The molecule has 176 valence electrons. The number of hydrogen-bond donors (Lipinski definition) is 2. The van der Waals surface area contributed by atoms with Crippen molar-refractivity contribution < 1.29 is 27.7 Å². The van der Waals surface area contributed by atoms with Crippen molar-refractivity contribution in [1.82, 2.24) is 0 Å². The Balaban J connectivity index is 1.57. The number of rotatable bonds is 7. The fourth-order valence-electron chi connectivity index (χ4n) is 2.83. The number of nitro groups is 1. The quantitative estimate of drug-likeness (QED) is 0.241. The number of nitro benzene ring substituents is 1. The Morgan fingerprint density at radius 3 is 2.18 bits per heavy atom. The van der Waals surface area contributed by atoms with Gasteiger partial charge in [0.15, 0.2) is 0 Å². The zero-order valence-corrected chi connectivity index (χ0v) is 18.4. The summed E-state index contributed by atoms with van der Waals surface area (Å²) in [4.78, 5) is 35.6. The van der Waals surface area contributed by atoms with Crippen molar-refractivity contribution >= 4 is 40.6 Å². The lowest BCUT2D eigenvalue weighted by Gasteiger charge is -2.14. The lowest BCUT2D eigenvalue weighted by Crippen LogP contribution is -2.22. The summed E-state index contributed by atoms with van der Waals surface area (Å²) in [7, 11) is 0. The summed E-state index contributed by atoms with van der Waals surface area (Å²) < 4.78 is 38.5. The van der Waals surface area contributed by atoms with E-state index in [1.807, 2.05) is 0 Å². The summed E-state index contributed by atoms with van der Waals surface area (Å²) in [6.45, 7) is 1.62. The average Bonchev–Trinajstić information content (AvgIpc) is 2.80. The Hall–Kier alpha value is -3.86. The number of non-ortho nitro benzene ring substituents is 1.